The molecule has 0 spiro atoms. The number of amides is 1. The van der Waals surface area contributed by atoms with Crippen LogP contribution in [-0.2, 0) is 13.6 Å². The molecule has 0 radical (unpaired) electrons. The molecule has 1 saturated heterocycles. The van der Waals surface area contributed by atoms with Crippen LogP contribution in [0.2, 0.25) is 0 Å². The van der Waals surface area contributed by atoms with E-state index in [4.69, 9.17) is 4.52 Å². The SMILES string of the molecule is Cc1nc(CN2CCCN(C(=O)c3cccc4c3ccn4C)CC2)no1. The van der Waals surface area contributed by atoms with Crippen molar-refractivity contribution in [1.82, 2.24) is 24.5 Å². The lowest BCUT2D eigenvalue weighted by molar-refractivity contribution is 0.0763. The van der Waals surface area contributed by atoms with Gasteiger partial charge in [-0.2, -0.15) is 4.98 Å². The van der Waals surface area contributed by atoms with Crippen molar-refractivity contribution in [1.29, 1.82) is 0 Å². The molecule has 1 aliphatic rings. The number of hydrogen-bond acceptors (Lipinski definition) is 5. The van der Waals surface area contributed by atoms with Crippen molar-refractivity contribution < 1.29 is 9.32 Å². The molecule has 0 saturated carbocycles. The van der Waals surface area contributed by atoms with Crippen LogP contribution >= 0.6 is 0 Å². The molecule has 1 amide bonds. The van der Waals surface area contributed by atoms with Crippen molar-refractivity contribution >= 4 is 16.8 Å². The van der Waals surface area contributed by atoms with E-state index in [0.29, 0.717) is 24.8 Å². The van der Waals surface area contributed by atoms with Crippen LogP contribution in [0.1, 0.15) is 28.5 Å². The summed E-state index contributed by atoms with van der Waals surface area (Å²) in [5.74, 6) is 1.40. The van der Waals surface area contributed by atoms with Gasteiger partial charge in [0.1, 0.15) is 0 Å². The summed E-state index contributed by atoms with van der Waals surface area (Å²) in [5.41, 5.74) is 1.87. The molecule has 1 aromatic carbocycles. The molecule has 0 N–H and O–H groups in total. The summed E-state index contributed by atoms with van der Waals surface area (Å²) >= 11 is 0. The Hall–Kier alpha value is -2.67. The van der Waals surface area contributed by atoms with E-state index in [9.17, 15) is 4.79 Å². The Kier molecular flexibility index (Phi) is 4.46. The maximum absolute atomic E-state index is 13.1. The number of rotatable bonds is 3. The Labute approximate surface area is 152 Å². The van der Waals surface area contributed by atoms with Gasteiger partial charge in [-0.05, 0) is 24.6 Å². The fraction of sp³-hybridized carbons (Fsp3) is 0.421. The Bertz CT molecular complexity index is 929. The van der Waals surface area contributed by atoms with Crippen molar-refractivity contribution in [2.75, 3.05) is 26.2 Å². The molecule has 26 heavy (non-hydrogen) atoms. The third-order valence-corrected chi connectivity index (χ3v) is 4.97. The summed E-state index contributed by atoms with van der Waals surface area (Å²) in [7, 11) is 2.00. The average molecular weight is 353 g/mol. The first-order chi connectivity index (χ1) is 12.6. The minimum Gasteiger partial charge on any atom is -0.351 e. The fourth-order valence-electron chi connectivity index (χ4n) is 3.60. The average Bonchev–Trinajstić information content (AvgIpc) is 3.13. The van der Waals surface area contributed by atoms with E-state index < -0.39 is 0 Å². The fourth-order valence-corrected chi connectivity index (χ4v) is 3.60. The van der Waals surface area contributed by atoms with Gasteiger partial charge in [0, 0.05) is 62.8 Å². The number of aryl methyl sites for hydroxylation is 2. The Morgan fingerprint density at radius 2 is 2.08 bits per heavy atom. The lowest BCUT2D eigenvalue weighted by Crippen LogP contribution is -2.35. The van der Waals surface area contributed by atoms with Crippen molar-refractivity contribution in [3.8, 4) is 0 Å². The van der Waals surface area contributed by atoms with Gasteiger partial charge in [-0.3, -0.25) is 9.69 Å². The monoisotopic (exact) mass is 353 g/mol. The predicted molar refractivity (Wildman–Crippen MR) is 97.8 cm³/mol. The third-order valence-electron chi connectivity index (χ3n) is 4.97. The second-order valence-corrected chi connectivity index (χ2v) is 6.82. The molecule has 2 aromatic heterocycles. The summed E-state index contributed by atoms with van der Waals surface area (Å²) < 4.78 is 7.09. The summed E-state index contributed by atoms with van der Waals surface area (Å²) in [6, 6.07) is 7.95. The van der Waals surface area contributed by atoms with E-state index in [1.807, 2.05) is 47.0 Å². The summed E-state index contributed by atoms with van der Waals surface area (Å²) in [4.78, 5) is 21.6. The first-order valence-electron chi connectivity index (χ1n) is 8.96. The van der Waals surface area contributed by atoms with E-state index >= 15 is 0 Å². The summed E-state index contributed by atoms with van der Waals surface area (Å²) in [6.07, 6.45) is 2.94. The lowest BCUT2D eigenvalue weighted by Gasteiger charge is -2.21. The molecule has 3 aromatic rings. The van der Waals surface area contributed by atoms with Gasteiger partial charge in [-0.25, -0.2) is 0 Å². The molecular weight excluding hydrogens is 330 g/mol. The standard InChI is InChI=1S/C19H23N5O2/c1-14-20-18(21-26-14)13-23-8-4-9-24(12-11-23)19(25)16-5-3-6-17-15(16)7-10-22(17)2/h3,5-7,10H,4,8-9,11-13H2,1-2H3. The van der Waals surface area contributed by atoms with Gasteiger partial charge in [0.15, 0.2) is 5.82 Å². The van der Waals surface area contributed by atoms with Crippen LogP contribution in [0.25, 0.3) is 10.9 Å². The van der Waals surface area contributed by atoms with E-state index in [2.05, 4.69) is 15.0 Å². The zero-order valence-electron chi connectivity index (χ0n) is 15.2. The minimum absolute atomic E-state index is 0.110. The maximum Gasteiger partial charge on any atom is 0.254 e. The highest BCUT2D eigenvalue weighted by atomic mass is 16.5. The number of nitrogens with zero attached hydrogens (tertiary/aromatic N) is 5. The van der Waals surface area contributed by atoms with E-state index in [1.54, 1.807) is 6.92 Å². The normalized spacial score (nSPS) is 16.2. The highest BCUT2D eigenvalue weighted by Gasteiger charge is 2.22. The van der Waals surface area contributed by atoms with Crippen LogP contribution in [0.4, 0.5) is 0 Å². The molecule has 7 nitrogen and oxygen atoms in total. The summed E-state index contributed by atoms with van der Waals surface area (Å²) in [5, 5.41) is 4.99. The quantitative estimate of drug-likeness (QED) is 0.722. The molecule has 0 unspecified atom stereocenters. The third kappa shape index (κ3) is 3.22. The zero-order chi connectivity index (χ0) is 18.1. The smallest absolute Gasteiger partial charge is 0.254 e. The number of fused-ring (bicyclic) bond motifs is 1. The van der Waals surface area contributed by atoms with E-state index in [1.165, 1.54) is 0 Å². The molecule has 4 rings (SSSR count). The van der Waals surface area contributed by atoms with Crippen molar-refractivity contribution in [3.05, 3.63) is 47.7 Å². The molecule has 3 heterocycles. The summed E-state index contributed by atoms with van der Waals surface area (Å²) in [6.45, 7) is 5.66. The van der Waals surface area contributed by atoms with Crippen molar-refractivity contribution in [3.63, 3.8) is 0 Å². The number of carbonyl (C=O) groups excluding carboxylic acids is 1. The molecule has 136 valence electrons. The first-order valence-corrected chi connectivity index (χ1v) is 8.96. The van der Waals surface area contributed by atoms with Gasteiger partial charge in [0.25, 0.3) is 5.91 Å². The number of aromatic nitrogens is 3. The van der Waals surface area contributed by atoms with Crippen LogP contribution < -0.4 is 0 Å². The highest BCUT2D eigenvalue weighted by Crippen LogP contribution is 2.21. The molecule has 0 bridgehead atoms. The second kappa shape index (κ2) is 6.92. The van der Waals surface area contributed by atoms with Crippen molar-refractivity contribution in [2.45, 2.75) is 19.9 Å². The van der Waals surface area contributed by atoms with Crippen LogP contribution in [-0.4, -0.2) is 56.6 Å². The van der Waals surface area contributed by atoms with Crippen molar-refractivity contribution in [2.24, 2.45) is 7.05 Å². The highest BCUT2D eigenvalue weighted by molar-refractivity contribution is 6.06. The second-order valence-electron chi connectivity index (χ2n) is 6.82. The predicted octanol–water partition coefficient (Wildman–Crippen LogP) is 2.22. The Morgan fingerprint density at radius 3 is 2.88 bits per heavy atom. The van der Waals surface area contributed by atoms with Gasteiger partial charge >= 0.3 is 0 Å². The number of hydrogen-bond donors (Lipinski definition) is 0. The van der Waals surface area contributed by atoms with Gasteiger partial charge in [-0.1, -0.05) is 11.2 Å². The molecule has 1 fully saturated rings. The Morgan fingerprint density at radius 1 is 1.19 bits per heavy atom. The molecular formula is C19H23N5O2. The zero-order valence-corrected chi connectivity index (χ0v) is 15.2. The Balaban J connectivity index is 1.47. The number of carbonyl (C=O) groups is 1. The molecule has 0 atom stereocenters. The van der Waals surface area contributed by atoms with E-state index in [0.717, 1.165) is 42.5 Å². The van der Waals surface area contributed by atoms with Gasteiger partial charge in [-0.15, -0.1) is 0 Å². The largest absolute Gasteiger partial charge is 0.351 e. The van der Waals surface area contributed by atoms with Crippen LogP contribution in [0.3, 0.4) is 0 Å². The first kappa shape index (κ1) is 16.8. The van der Waals surface area contributed by atoms with Gasteiger partial charge < -0.3 is 14.0 Å². The number of benzene rings is 1. The molecule has 7 heteroatoms. The lowest BCUT2D eigenvalue weighted by atomic mass is 10.1. The van der Waals surface area contributed by atoms with Crippen LogP contribution in [0, 0.1) is 6.92 Å². The van der Waals surface area contributed by atoms with Crippen LogP contribution in [0.5, 0.6) is 0 Å². The topological polar surface area (TPSA) is 67.4 Å². The minimum atomic E-state index is 0.110. The van der Waals surface area contributed by atoms with Gasteiger partial charge in [0.2, 0.25) is 5.89 Å². The maximum atomic E-state index is 13.1. The molecule has 0 aliphatic carbocycles. The van der Waals surface area contributed by atoms with Gasteiger partial charge in [0.05, 0.1) is 6.54 Å². The van der Waals surface area contributed by atoms with E-state index in [-0.39, 0.29) is 5.91 Å². The van der Waals surface area contributed by atoms with Crippen LogP contribution in [0.15, 0.2) is 35.0 Å². The molecule has 1 aliphatic heterocycles.